The standard InChI is InChI=1S/C27H29N3O4/c1-19-18-30(15-16-34-19)25-10-6-5-9-23(25)28-27(33)24(17-20-11-13-22(31)14-12-20)29-26(32)21-7-3-2-4-8-21/h2-14,19,24,31H,15-18H2,1H3,(H,28,33)(H,29,32). The molecule has 1 aliphatic heterocycles. The molecule has 3 N–H and O–H groups in total. The first-order chi connectivity index (χ1) is 16.5. The molecule has 176 valence electrons. The molecule has 34 heavy (non-hydrogen) atoms. The Morgan fingerprint density at radius 3 is 2.47 bits per heavy atom. The van der Waals surface area contributed by atoms with Crippen LogP contribution in [0.3, 0.4) is 0 Å². The van der Waals surface area contributed by atoms with E-state index >= 15 is 0 Å². The van der Waals surface area contributed by atoms with Crippen molar-refractivity contribution in [2.45, 2.75) is 25.5 Å². The van der Waals surface area contributed by atoms with Gasteiger partial charge in [0.2, 0.25) is 5.91 Å². The monoisotopic (exact) mass is 459 g/mol. The minimum atomic E-state index is -0.811. The van der Waals surface area contributed by atoms with Crippen LogP contribution in [0.4, 0.5) is 11.4 Å². The van der Waals surface area contributed by atoms with Crippen LogP contribution in [0.1, 0.15) is 22.8 Å². The lowest BCUT2D eigenvalue weighted by Crippen LogP contribution is -2.46. The van der Waals surface area contributed by atoms with E-state index in [2.05, 4.69) is 15.5 Å². The van der Waals surface area contributed by atoms with E-state index in [-0.39, 0.29) is 30.1 Å². The number of amides is 2. The fraction of sp³-hybridized carbons (Fsp3) is 0.259. The number of morpholine rings is 1. The molecule has 4 rings (SSSR count). The molecule has 1 heterocycles. The van der Waals surface area contributed by atoms with Gasteiger partial charge in [0, 0.05) is 25.1 Å². The number of phenolic OH excluding ortho intramolecular Hbond substituents is 1. The van der Waals surface area contributed by atoms with Gasteiger partial charge in [0.1, 0.15) is 11.8 Å². The van der Waals surface area contributed by atoms with Crippen LogP contribution in [0.2, 0.25) is 0 Å². The average molecular weight is 460 g/mol. The Morgan fingerprint density at radius 1 is 1.03 bits per heavy atom. The molecule has 3 aromatic carbocycles. The van der Waals surface area contributed by atoms with Gasteiger partial charge in [0.05, 0.1) is 24.1 Å². The number of ether oxygens (including phenoxy) is 1. The van der Waals surface area contributed by atoms with Crippen LogP contribution >= 0.6 is 0 Å². The molecule has 1 fully saturated rings. The fourth-order valence-electron chi connectivity index (χ4n) is 4.02. The summed E-state index contributed by atoms with van der Waals surface area (Å²) in [6, 6.07) is 22.3. The summed E-state index contributed by atoms with van der Waals surface area (Å²) in [6.07, 6.45) is 0.381. The van der Waals surface area contributed by atoms with Crippen LogP contribution in [0.5, 0.6) is 5.75 Å². The number of carbonyl (C=O) groups excluding carboxylic acids is 2. The lowest BCUT2D eigenvalue weighted by atomic mass is 10.0. The summed E-state index contributed by atoms with van der Waals surface area (Å²) in [5, 5.41) is 15.5. The van der Waals surface area contributed by atoms with Gasteiger partial charge in [-0.05, 0) is 48.9 Å². The molecule has 2 amide bonds. The Bertz CT molecular complexity index is 1120. The number of rotatable bonds is 7. The number of carbonyl (C=O) groups is 2. The Balaban J connectivity index is 1.55. The van der Waals surface area contributed by atoms with E-state index in [0.29, 0.717) is 17.9 Å². The van der Waals surface area contributed by atoms with Gasteiger partial charge in [-0.25, -0.2) is 0 Å². The summed E-state index contributed by atoms with van der Waals surface area (Å²) >= 11 is 0. The molecule has 2 atom stereocenters. The number of hydrogen-bond donors (Lipinski definition) is 3. The second kappa shape index (κ2) is 10.9. The van der Waals surface area contributed by atoms with Crippen LogP contribution in [-0.2, 0) is 16.0 Å². The zero-order chi connectivity index (χ0) is 23.9. The molecule has 7 heteroatoms. The third-order valence-electron chi connectivity index (χ3n) is 5.78. The van der Waals surface area contributed by atoms with E-state index in [1.165, 1.54) is 0 Å². The Hall–Kier alpha value is -3.84. The zero-order valence-electron chi connectivity index (χ0n) is 19.1. The van der Waals surface area contributed by atoms with Gasteiger partial charge in [0.15, 0.2) is 0 Å². The van der Waals surface area contributed by atoms with Gasteiger partial charge in [0.25, 0.3) is 5.91 Å². The molecule has 0 saturated carbocycles. The van der Waals surface area contributed by atoms with Crippen LogP contribution in [-0.4, -0.2) is 48.8 Å². The second-order valence-electron chi connectivity index (χ2n) is 8.40. The summed E-state index contributed by atoms with van der Waals surface area (Å²) in [7, 11) is 0. The highest BCUT2D eigenvalue weighted by Gasteiger charge is 2.25. The molecule has 0 aromatic heterocycles. The van der Waals surface area contributed by atoms with E-state index in [1.54, 1.807) is 48.5 Å². The van der Waals surface area contributed by atoms with Gasteiger partial charge >= 0.3 is 0 Å². The largest absolute Gasteiger partial charge is 0.508 e. The van der Waals surface area contributed by atoms with E-state index in [4.69, 9.17) is 4.74 Å². The van der Waals surface area contributed by atoms with Crippen LogP contribution in [0.15, 0.2) is 78.9 Å². The van der Waals surface area contributed by atoms with Crippen LogP contribution in [0, 0.1) is 0 Å². The van der Waals surface area contributed by atoms with Gasteiger partial charge in [-0.3, -0.25) is 9.59 Å². The van der Waals surface area contributed by atoms with E-state index in [0.717, 1.165) is 24.3 Å². The zero-order valence-corrected chi connectivity index (χ0v) is 19.1. The van der Waals surface area contributed by atoms with Crippen molar-refractivity contribution in [3.05, 3.63) is 90.0 Å². The molecule has 0 bridgehead atoms. The number of hydrogen-bond acceptors (Lipinski definition) is 5. The molecule has 0 radical (unpaired) electrons. The van der Waals surface area contributed by atoms with Crippen molar-refractivity contribution in [3.8, 4) is 5.75 Å². The normalized spacial score (nSPS) is 16.5. The first-order valence-corrected chi connectivity index (χ1v) is 11.4. The lowest BCUT2D eigenvalue weighted by Gasteiger charge is -2.34. The maximum Gasteiger partial charge on any atom is 0.251 e. The second-order valence-corrected chi connectivity index (χ2v) is 8.40. The molecular formula is C27H29N3O4. The van der Waals surface area contributed by atoms with Gasteiger partial charge < -0.3 is 25.4 Å². The maximum atomic E-state index is 13.4. The Labute approximate surface area is 199 Å². The summed E-state index contributed by atoms with van der Waals surface area (Å²) < 4.78 is 5.65. The number of nitrogens with zero attached hydrogens (tertiary/aromatic N) is 1. The van der Waals surface area contributed by atoms with Gasteiger partial charge in [-0.2, -0.15) is 0 Å². The smallest absolute Gasteiger partial charge is 0.251 e. The molecule has 7 nitrogen and oxygen atoms in total. The Kier molecular flexibility index (Phi) is 7.44. The number of benzene rings is 3. The molecular weight excluding hydrogens is 430 g/mol. The predicted molar refractivity (Wildman–Crippen MR) is 132 cm³/mol. The highest BCUT2D eigenvalue weighted by molar-refractivity contribution is 6.02. The van der Waals surface area contributed by atoms with Crippen molar-refractivity contribution >= 4 is 23.2 Å². The highest BCUT2D eigenvalue weighted by Crippen LogP contribution is 2.27. The van der Waals surface area contributed by atoms with E-state index < -0.39 is 6.04 Å². The highest BCUT2D eigenvalue weighted by atomic mass is 16.5. The topological polar surface area (TPSA) is 90.9 Å². The number of phenols is 1. The number of nitrogens with one attached hydrogen (secondary N) is 2. The van der Waals surface area contributed by atoms with Crippen molar-refractivity contribution in [2.24, 2.45) is 0 Å². The van der Waals surface area contributed by atoms with E-state index in [1.807, 2.05) is 37.3 Å². The van der Waals surface area contributed by atoms with Crippen molar-refractivity contribution in [2.75, 3.05) is 29.9 Å². The number of anilines is 2. The van der Waals surface area contributed by atoms with Crippen LogP contribution in [0.25, 0.3) is 0 Å². The van der Waals surface area contributed by atoms with Crippen molar-refractivity contribution < 1.29 is 19.4 Å². The number of para-hydroxylation sites is 2. The third-order valence-corrected chi connectivity index (χ3v) is 5.78. The minimum Gasteiger partial charge on any atom is -0.508 e. The first-order valence-electron chi connectivity index (χ1n) is 11.4. The fourth-order valence-corrected chi connectivity index (χ4v) is 4.02. The van der Waals surface area contributed by atoms with Gasteiger partial charge in [-0.1, -0.05) is 42.5 Å². The molecule has 3 aromatic rings. The summed E-state index contributed by atoms with van der Waals surface area (Å²) in [5.74, 6) is -0.493. The maximum absolute atomic E-state index is 13.4. The van der Waals surface area contributed by atoms with E-state index in [9.17, 15) is 14.7 Å². The minimum absolute atomic E-state index is 0.102. The molecule has 2 unspecified atom stereocenters. The van der Waals surface area contributed by atoms with Crippen molar-refractivity contribution in [1.82, 2.24) is 5.32 Å². The summed E-state index contributed by atoms with van der Waals surface area (Å²) in [5.41, 5.74) is 2.91. The Morgan fingerprint density at radius 2 is 1.74 bits per heavy atom. The van der Waals surface area contributed by atoms with Crippen molar-refractivity contribution in [1.29, 1.82) is 0 Å². The van der Waals surface area contributed by atoms with Gasteiger partial charge in [-0.15, -0.1) is 0 Å². The SMILES string of the molecule is CC1CN(c2ccccc2NC(=O)C(Cc2ccc(O)cc2)NC(=O)c2ccccc2)CCO1. The number of aromatic hydroxyl groups is 1. The molecule has 1 saturated heterocycles. The molecule has 0 spiro atoms. The molecule has 0 aliphatic carbocycles. The summed E-state index contributed by atoms with van der Waals surface area (Å²) in [4.78, 5) is 28.5. The van der Waals surface area contributed by atoms with Crippen molar-refractivity contribution in [3.63, 3.8) is 0 Å². The molecule has 1 aliphatic rings. The average Bonchev–Trinajstić information content (AvgIpc) is 2.85. The first kappa shape index (κ1) is 23.3. The lowest BCUT2D eigenvalue weighted by molar-refractivity contribution is -0.118. The van der Waals surface area contributed by atoms with Crippen LogP contribution < -0.4 is 15.5 Å². The predicted octanol–water partition coefficient (Wildman–Crippen LogP) is 3.60. The third kappa shape index (κ3) is 5.94. The quantitative estimate of drug-likeness (QED) is 0.502. The summed E-state index contributed by atoms with van der Waals surface area (Å²) in [6.45, 7) is 4.12.